The molecule has 586 valence electrons. The van der Waals surface area contributed by atoms with E-state index in [1.165, 1.54) is 14.7 Å². The number of amides is 6. The molecule has 102 heavy (non-hydrogen) atoms. The van der Waals surface area contributed by atoms with Crippen LogP contribution >= 0.6 is 0 Å². The van der Waals surface area contributed by atoms with Crippen molar-refractivity contribution in [2.24, 2.45) is 0 Å². The van der Waals surface area contributed by atoms with E-state index in [0.29, 0.717) is 64.3 Å². The molecule has 20 N–H and O–H groups in total. The SMILES string of the molecule is O=C(CN(CC(=O)NCCCCCC(=O)N(CCOC1O[C@H](CO)[C@@H](O)[C@H](O)[C@@H]1O)CCO[C@H]1O[C@H](CO)[C@@H](O)[C@H](O)[C@@H]1O)CC(=O)NCCCCCC(=O)N(CCOC1O[C@H](CO)[C@@H](O)[C@H](O)[C@@H]1O)CCO[C@H]1O[C@H](CO)[C@@H](O)[C@H](O)[C@@H]1O)NCCCCCCNC(=O)OCc1ccccc1. The molecule has 4 heterocycles. The molecule has 6 amide bonds. The summed E-state index contributed by atoms with van der Waals surface area (Å²) in [6.07, 6.45) is -26.9. The number of hydrogen-bond acceptors (Lipinski definition) is 32. The van der Waals surface area contributed by atoms with Crippen LogP contribution in [0.5, 0.6) is 0 Å². The number of rotatable bonds is 47. The number of alkyl carbamates (subject to hydrolysis) is 1. The quantitative estimate of drug-likeness (QED) is 0.0270. The first kappa shape index (κ1) is 87.5. The van der Waals surface area contributed by atoms with Crippen molar-refractivity contribution in [2.75, 3.05) is 125 Å². The molecule has 4 aliphatic rings. The van der Waals surface area contributed by atoms with E-state index < -0.39 is 185 Å². The highest BCUT2D eigenvalue weighted by Crippen LogP contribution is 2.26. The van der Waals surface area contributed by atoms with Crippen LogP contribution in [0.25, 0.3) is 0 Å². The molecule has 20 atom stereocenters. The summed E-state index contributed by atoms with van der Waals surface area (Å²) in [5.74, 6) is -2.33. The fourth-order valence-electron chi connectivity index (χ4n) is 11.3. The highest BCUT2D eigenvalue weighted by molar-refractivity contribution is 5.84. The molecule has 38 heteroatoms. The fourth-order valence-corrected chi connectivity index (χ4v) is 11.3. The Labute approximate surface area is 590 Å². The Bertz CT molecular complexity index is 2350. The minimum Gasteiger partial charge on any atom is -0.445 e. The van der Waals surface area contributed by atoms with Gasteiger partial charge in [0.15, 0.2) is 25.2 Å². The molecular formula is C64H109N7O31. The molecule has 0 bridgehead atoms. The van der Waals surface area contributed by atoms with Gasteiger partial charge in [-0.3, -0.25) is 28.9 Å². The zero-order valence-corrected chi connectivity index (χ0v) is 57.2. The van der Waals surface area contributed by atoms with Gasteiger partial charge in [0.1, 0.15) is 104 Å². The second-order valence-corrected chi connectivity index (χ2v) is 25.3. The van der Waals surface area contributed by atoms with Crippen LogP contribution in [0.2, 0.25) is 0 Å². The molecule has 0 spiro atoms. The maximum absolute atomic E-state index is 13.7. The first-order valence-corrected chi connectivity index (χ1v) is 34.6. The van der Waals surface area contributed by atoms with Crippen LogP contribution in [0.1, 0.15) is 82.6 Å². The van der Waals surface area contributed by atoms with Crippen molar-refractivity contribution in [3.8, 4) is 0 Å². The lowest BCUT2D eigenvalue weighted by Gasteiger charge is -2.40. The molecule has 0 saturated carbocycles. The molecule has 1 aromatic rings. The zero-order chi connectivity index (χ0) is 74.7. The predicted molar refractivity (Wildman–Crippen MR) is 348 cm³/mol. The molecule has 0 aliphatic carbocycles. The molecule has 4 fully saturated rings. The van der Waals surface area contributed by atoms with Crippen molar-refractivity contribution < 1.29 is 153 Å². The van der Waals surface area contributed by atoms with Gasteiger partial charge in [0.05, 0.1) is 72.5 Å². The van der Waals surface area contributed by atoms with Gasteiger partial charge in [-0.15, -0.1) is 0 Å². The zero-order valence-electron chi connectivity index (χ0n) is 57.2. The molecule has 1 aromatic carbocycles. The van der Waals surface area contributed by atoms with E-state index in [1.807, 2.05) is 30.3 Å². The van der Waals surface area contributed by atoms with Crippen LogP contribution in [0.4, 0.5) is 4.79 Å². The largest absolute Gasteiger partial charge is 0.445 e. The van der Waals surface area contributed by atoms with Crippen molar-refractivity contribution in [2.45, 2.75) is 206 Å². The average molecular weight is 1470 g/mol. The maximum Gasteiger partial charge on any atom is 0.407 e. The summed E-state index contributed by atoms with van der Waals surface area (Å²) in [6, 6.07) is 9.23. The number of aliphatic hydroxyl groups is 16. The summed E-state index contributed by atoms with van der Waals surface area (Å²) in [4.78, 5) is 83.5. The molecule has 5 rings (SSSR count). The minimum absolute atomic E-state index is 0.0311. The third kappa shape index (κ3) is 29.3. The number of nitrogens with zero attached hydrogens (tertiary/aromatic N) is 3. The number of carbonyl (C=O) groups is 6. The van der Waals surface area contributed by atoms with Gasteiger partial charge >= 0.3 is 6.09 Å². The van der Waals surface area contributed by atoms with Crippen molar-refractivity contribution in [1.82, 2.24) is 36.0 Å². The summed E-state index contributed by atoms with van der Waals surface area (Å²) < 4.78 is 49.2. The van der Waals surface area contributed by atoms with E-state index in [0.717, 1.165) is 12.0 Å². The van der Waals surface area contributed by atoms with Gasteiger partial charge in [0, 0.05) is 65.2 Å². The van der Waals surface area contributed by atoms with Crippen LogP contribution in [-0.4, -0.2) is 380 Å². The van der Waals surface area contributed by atoms with E-state index in [2.05, 4.69) is 21.3 Å². The van der Waals surface area contributed by atoms with Gasteiger partial charge in [-0.1, -0.05) is 56.0 Å². The Hall–Kier alpha value is -5.16. The van der Waals surface area contributed by atoms with Crippen molar-refractivity contribution in [1.29, 1.82) is 0 Å². The second kappa shape index (κ2) is 47.4. The standard InChI is InChI=1S/C64H109N7O31/c72-33-39-48(81)52(85)56(89)60(99-39)94-26-22-70(23-27-95-61-57(90)53(86)49(82)40(34-73)100-61)46(79)16-8-4-12-19-66-44(77)31-69(30-43(76)65-18-10-1-2-11-21-68-64(93)98-37-38-14-6-3-7-15-38)32-45(78)67-20-13-5-9-17-47(80)71(24-28-96-62-58(91)54(87)50(83)41(35-74)101-62)25-29-97-63-59(92)55(88)51(84)42(36-75)102-63/h3,6-7,14-15,39-42,48-63,72-75,81-92H,1-2,4-5,8-13,16-37H2,(H,65,76)(H,66,77)(H,67,78)(H,68,93)/t39-,40-,41-,42-,48-,49-,50-,51-,52+,53+,54+,55+,56+,57+,58+,59+,60+,61?,62+,63?/m1/s1. The van der Waals surface area contributed by atoms with E-state index in [4.69, 9.17) is 42.6 Å². The lowest BCUT2D eigenvalue weighted by molar-refractivity contribution is -0.303. The molecule has 4 saturated heterocycles. The number of carbonyl (C=O) groups excluding carboxylic acids is 6. The van der Waals surface area contributed by atoms with Gasteiger partial charge in [-0.25, -0.2) is 4.79 Å². The molecule has 38 nitrogen and oxygen atoms in total. The number of benzene rings is 1. The van der Waals surface area contributed by atoms with Gasteiger partial charge < -0.3 is 155 Å². The monoisotopic (exact) mass is 1470 g/mol. The summed E-state index contributed by atoms with van der Waals surface area (Å²) in [5.41, 5.74) is 0.853. The summed E-state index contributed by atoms with van der Waals surface area (Å²) in [6.45, 7) is -4.52. The first-order chi connectivity index (χ1) is 48.9. The normalized spacial score (nSPS) is 29.6. The molecule has 0 aromatic heterocycles. The number of aliphatic hydroxyl groups excluding tert-OH is 16. The van der Waals surface area contributed by atoms with Gasteiger partial charge in [-0.2, -0.15) is 0 Å². The van der Waals surface area contributed by atoms with Gasteiger partial charge in [0.25, 0.3) is 0 Å². The molecule has 4 aliphatic heterocycles. The topological polar surface area (TPSA) is 567 Å². The van der Waals surface area contributed by atoms with Gasteiger partial charge in [-0.05, 0) is 44.1 Å². The minimum atomic E-state index is -1.72. The Kier molecular flexibility index (Phi) is 40.7. The van der Waals surface area contributed by atoms with Crippen LogP contribution in [0.15, 0.2) is 30.3 Å². The Morgan fingerprint density at radius 3 is 0.941 bits per heavy atom. The smallest absolute Gasteiger partial charge is 0.407 e. The van der Waals surface area contributed by atoms with Crippen molar-refractivity contribution in [3.05, 3.63) is 35.9 Å². The van der Waals surface area contributed by atoms with E-state index in [1.54, 1.807) is 0 Å². The Balaban J connectivity index is 1.10. The van der Waals surface area contributed by atoms with Gasteiger partial charge in [0.2, 0.25) is 29.5 Å². The van der Waals surface area contributed by atoms with Crippen LogP contribution in [-0.2, 0) is 73.2 Å². The Morgan fingerprint density at radius 2 is 0.647 bits per heavy atom. The number of unbranched alkanes of at least 4 members (excludes halogenated alkanes) is 7. The molecule has 2 unspecified atom stereocenters. The Morgan fingerprint density at radius 1 is 0.363 bits per heavy atom. The summed E-state index contributed by atoms with van der Waals surface area (Å²) in [5, 5.41) is 173. The van der Waals surface area contributed by atoms with E-state index in [9.17, 15) is 110 Å². The number of ether oxygens (including phenoxy) is 9. The van der Waals surface area contributed by atoms with Crippen LogP contribution < -0.4 is 21.3 Å². The second-order valence-electron chi connectivity index (χ2n) is 25.3. The maximum atomic E-state index is 13.7. The fraction of sp³-hybridized carbons (Fsp3) is 0.812. The van der Waals surface area contributed by atoms with Crippen molar-refractivity contribution in [3.63, 3.8) is 0 Å². The van der Waals surface area contributed by atoms with Crippen LogP contribution in [0.3, 0.4) is 0 Å². The number of nitrogens with one attached hydrogen (secondary N) is 4. The van der Waals surface area contributed by atoms with E-state index in [-0.39, 0.29) is 111 Å². The summed E-state index contributed by atoms with van der Waals surface area (Å²) >= 11 is 0. The van der Waals surface area contributed by atoms with Crippen LogP contribution in [0, 0.1) is 0 Å². The summed E-state index contributed by atoms with van der Waals surface area (Å²) in [7, 11) is 0. The first-order valence-electron chi connectivity index (χ1n) is 34.6. The highest BCUT2D eigenvalue weighted by Gasteiger charge is 2.48. The third-order valence-electron chi connectivity index (χ3n) is 17.5. The average Bonchev–Trinajstić information content (AvgIpc) is 0.840. The molecular weight excluding hydrogens is 1360 g/mol. The van der Waals surface area contributed by atoms with E-state index >= 15 is 0 Å². The lowest BCUT2D eigenvalue weighted by atomic mass is 9.99. The molecule has 0 radical (unpaired) electrons. The predicted octanol–water partition coefficient (Wildman–Crippen LogP) is -8.83. The highest BCUT2D eigenvalue weighted by atomic mass is 16.7. The number of hydrogen-bond donors (Lipinski definition) is 20. The van der Waals surface area contributed by atoms with Crippen molar-refractivity contribution >= 4 is 35.6 Å². The lowest BCUT2D eigenvalue weighted by Crippen LogP contribution is -2.59. The third-order valence-corrected chi connectivity index (χ3v) is 17.5.